The van der Waals surface area contributed by atoms with Gasteiger partial charge >= 0.3 is 0 Å². The molecule has 3 aliphatic rings. The highest BCUT2D eigenvalue weighted by molar-refractivity contribution is 5.85. The molecule has 2 aliphatic carbocycles. The summed E-state index contributed by atoms with van der Waals surface area (Å²) in [7, 11) is 0. The van der Waals surface area contributed by atoms with Gasteiger partial charge in [0.05, 0.1) is 6.54 Å². The van der Waals surface area contributed by atoms with Crippen molar-refractivity contribution in [3.05, 3.63) is 35.9 Å². The van der Waals surface area contributed by atoms with Crippen LogP contribution in [0.4, 0.5) is 0 Å². The Morgan fingerprint density at radius 1 is 1.12 bits per heavy atom. The molecule has 3 fully saturated rings. The lowest BCUT2D eigenvalue weighted by Crippen LogP contribution is -2.44. The normalized spacial score (nSPS) is 27.1. The second-order valence-corrected chi connectivity index (χ2v) is 7.64. The highest BCUT2D eigenvalue weighted by Gasteiger charge is 2.42. The third kappa shape index (κ3) is 4.11. The first-order chi connectivity index (χ1) is 11.2. The summed E-state index contributed by atoms with van der Waals surface area (Å²) in [5.41, 5.74) is 7.61. The molecule has 2 saturated carbocycles. The number of nitrogens with zero attached hydrogens (tertiary/aromatic N) is 1. The summed E-state index contributed by atoms with van der Waals surface area (Å²) in [6, 6.07) is 11.0. The summed E-state index contributed by atoms with van der Waals surface area (Å²) < 4.78 is 0. The van der Waals surface area contributed by atoms with Crippen molar-refractivity contribution in [2.75, 3.05) is 19.6 Å². The molecule has 132 valence electrons. The van der Waals surface area contributed by atoms with Crippen LogP contribution in [-0.4, -0.2) is 42.5 Å². The molecule has 0 bridgehead atoms. The second-order valence-electron chi connectivity index (χ2n) is 7.64. The molecule has 5 heteroatoms. The Morgan fingerprint density at radius 3 is 2.33 bits per heavy atom. The van der Waals surface area contributed by atoms with Crippen LogP contribution in [0.3, 0.4) is 0 Å². The third-order valence-corrected chi connectivity index (χ3v) is 5.62. The number of carbonyl (C=O) groups is 1. The van der Waals surface area contributed by atoms with E-state index in [-0.39, 0.29) is 24.4 Å². The average molecular weight is 350 g/mol. The molecule has 1 aromatic rings. The molecule has 24 heavy (non-hydrogen) atoms. The molecule has 1 amide bonds. The van der Waals surface area contributed by atoms with Gasteiger partial charge in [0.2, 0.25) is 5.91 Å². The predicted molar refractivity (Wildman–Crippen MR) is 98.2 cm³/mol. The van der Waals surface area contributed by atoms with Crippen LogP contribution in [0.5, 0.6) is 0 Å². The molecule has 0 unspecified atom stereocenters. The van der Waals surface area contributed by atoms with Gasteiger partial charge in [-0.25, -0.2) is 0 Å². The van der Waals surface area contributed by atoms with Gasteiger partial charge in [-0.05, 0) is 43.1 Å². The van der Waals surface area contributed by atoms with E-state index in [1.807, 2.05) is 6.07 Å². The van der Waals surface area contributed by atoms with Gasteiger partial charge in [0, 0.05) is 31.1 Å². The van der Waals surface area contributed by atoms with Crippen LogP contribution >= 0.6 is 12.4 Å². The van der Waals surface area contributed by atoms with Crippen molar-refractivity contribution in [3.8, 4) is 0 Å². The maximum Gasteiger partial charge on any atom is 0.234 e. The third-order valence-electron chi connectivity index (χ3n) is 5.62. The van der Waals surface area contributed by atoms with E-state index >= 15 is 0 Å². The molecule has 3 N–H and O–H groups in total. The molecule has 0 spiro atoms. The zero-order chi connectivity index (χ0) is 15.8. The topological polar surface area (TPSA) is 58.4 Å². The van der Waals surface area contributed by atoms with Crippen molar-refractivity contribution in [2.45, 2.75) is 43.7 Å². The molecular weight excluding hydrogens is 322 g/mol. The predicted octanol–water partition coefficient (Wildman–Crippen LogP) is 2.14. The van der Waals surface area contributed by atoms with Crippen molar-refractivity contribution < 1.29 is 4.79 Å². The Morgan fingerprint density at radius 2 is 1.75 bits per heavy atom. The standard InChI is InChI=1S/C19H27N3O.ClH/c20-17-11-22(10-16(17)13-4-2-1-3-5-13)12-18(23)21-19(14-6-7-14)15-8-9-15;/h1-5,14-17,19H,6-12,20H2,(H,21,23);1H/t16-,17+;/m0./s1. The van der Waals surface area contributed by atoms with Crippen molar-refractivity contribution >= 4 is 18.3 Å². The summed E-state index contributed by atoms with van der Waals surface area (Å²) in [5.74, 6) is 2.04. The van der Waals surface area contributed by atoms with Gasteiger partial charge in [0.15, 0.2) is 0 Å². The maximum atomic E-state index is 12.4. The number of nitrogens with two attached hydrogens (primary N) is 1. The number of likely N-dealkylation sites (tertiary alicyclic amines) is 1. The molecule has 0 radical (unpaired) electrons. The van der Waals surface area contributed by atoms with Crippen LogP contribution in [0.2, 0.25) is 0 Å². The summed E-state index contributed by atoms with van der Waals surface area (Å²) >= 11 is 0. The smallest absolute Gasteiger partial charge is 0.234 e. The first-order valence-corrected chi connectivity index (χ1v) is 9.03. The van der Waals surface area contributed by atoms with Crippen LogP contribution in [0, 0.1) is 11.8 Å². The van der Waals surface area contributed by atoms with Crippen LogP contribution < -0.4 is 11.1 Å². The minimum absolute atomic E-state index is 0. The fourth-order valence-corrected chi connectivity index (χ4v) is 4.06. The van der Waals surface area contributed by atoms with Gasteiger partial charge < -0.3 is 11.1 Å². The average Bonchev–Trinajstić information content (AvgIpc) is 3.45. The minimum atomic E-state index is 0. The van der Waals surface area contributed by atoms with Gasteiger partial charge in [0.1, 0.15) is 0 Å². The minimum Gasteiger partial charge on any atom is -0.352 e. The molecule has 1 aliphatic heterocycles. The van der Waals surface area contributed by atoms with Crippen molar-refractivity contribution in [2.24, 2.45) is 17.6 Å². The summed E-state index contributed by atoms with van der Waals surface area (Å²) in [4.78, 5) is 14.6. The van der Waals surface area contributed by atoms with E-state index in [1.54, 1.807) is 0 Å². The van der Waals surface area contributed by atoms with E-state index in [2.05, 4.69) is 34.5 Å². The van der Waals surface area contributed by atoms with Crippen LogP contribution in [-0.2, 0) is 4.79 Å². The zero-order valence-electron chi connectivity index (χ0n) is 14.1. The lowest BCUT2D eigenvalue weighted by molar-refractivity contribution is -0.123. The van der Waals surface area contributed by atoms with Gasteiger partial charge in [0.25, 0.3) is 0 Å². The Hall–Kier alpha value is -1.10. The molecular formula is C19H28ClN3O. The van der Waals surface area contributed by atoms with E-state index in [9.17, 15) is 4.79 Å². The van der Waals surface area contributed by atoms with E-state index in [0.29, 0.717) is 18.5 Å². The van der Waals surface area contributed by atoms with Gasteiger partial charge in [-0.2, -0.15) is 0 Å². The molecule has 4 nitrogen and oxygen atoms in total. The SMILES string of the molecule is Cl.N[C@@H]1CN(CC(=O)NC(C2CC2)C2CC2)C[C@H]1c1ccccc1. The number of carbonyl (C=O) groups excluding carboxylic acids is 1. The second kappa shape index (κ2) is 7.42. The monoisotopic (exact) mass is 349 g/mol. The van der Waals surface area contributed by atoms with Gasteiger partial charge in [-0.3, -0.25) is 9.69 Å². The molecule has 0 aromatic heterocycles. The number of benzene rings is 1. The maximum absolute atomic E-state index is 12.4. The zero-order valence-corrected chi connectivity index (χ0v) is 14.9. The lowest BCUT2D eigenvalue weighted by Gasteiger charge is -2.21. The molecule has 2 atom stereocenters. The molecule has 1 saturated heterocycles. The highest BCUT2D eigenvalue weighted by atomic mass is 35.5. The van der Waals surface area contributed by atoms with E-state index in [4.69, 9.17) is 5.73 Å². The molecule has 1 aromatic carbocycles. The Bertz CT molecular complexity index is 547. The number of rotatable bonds is 6. The Balaban J connectivity index is 0.00000169. The number of amides is 1. The van der Waals surface area contributed by atoms with E-state index in [1.165, 1.54) is 31.2 Å². The number of hydrogen-bond donors (Lipinski definition) is 2. The Kier molecular flexibility index (Phi) is 5.48. The van der Waals surface area contributed by atoms with E-state index < -0.39 is 0 Å². The van der Waals surface area contributed by atoms with Crippen LogP contribution in [0.15, 0.2) is 30.3 Å². The largest absolute Gasteiger partial charge is 0.352 e. The number of hydrogen-bond acceptors (Lipinski definition) is 3. The van der Waals surface area contributed by atoms with Gasteiger partial charge in [-0.15, -0.1) is 12.4 Å². The van der Waals surface area contributed by atoms with Crippen LogP contribution in [0.25, 0.3) is 0 Å². The molecule has 4 rings (SSSR count). The summed E-state index contributed by atoms with van der Waals surface area (Å²) in [6.45, 7) is 2.19. The van der Waals surface area contributed by atoms with Crippen molar-refractivity contribution in [3.63, 3.8) is 0 Å². The van der Waals surface area contributed by atoms with E-state index in [0.717, 1.165) is 24.9 Å². The summed E-state index contributed by atoms with van der Waals surface area (Å²) in [5, 5.41) is 3.32. The van der Waals surface area contributed by atoms with Gasteiger partial charge in [-0.1, -0.05) is 30.3 Å². The first kappa shape index (κ1) is 17.7. The van der Waals surface area contributed by atoms with Crippen molar-refractivity contribution in [1.82, 2.24) is 10.2 Å². The Labute approximate surface area is 150 Å². The number of halogens is 1. The van der Waals surface area contributed by atoms with Crippen LogP contribution in [0.1, 0.15) is 37.2 Å². The quantitative estimate of drug-likeness (QED) is 0.827. The number of nitrogens with one attached hydrogen (secondary N) is 1. The fraction of sp³-hybridized carbons (Fsp3) is 0.632. The fourth-order valence-electron chi connectivity index (χ4n) is 4.06. The first-order valence-electron chi connectivity index (χ1n) is 9.03. The summed E-state index contributed by atoms with van der Waals surface area (Å²) in [6.07, 6.45) is 5.19. The lowest BCUT2D eigenvalue weighted by atomic mass is 9.95. The highest BCUT2D eigenvalue weighted by Crippen LogP contribution is 2.44. The molecule has 1 heterocycles. The van der Waals surface area contributed by atoms with Crippen molar-refractivity contribution in [1.29, 1.82) is 0 Å².